The fourth-order valence-electron chi connectivity index (χ4n) is 0.607. The van der Waals surface area contributed by atoms with E-state index in [1.54, 1.807) is 24.3 Å². The summed E-state index contributed by atoms with van der Waals surface area (Å²) in [5.41, 5.74) is 6.08. The molecule has 0 bridgehead atoms. The van der Waals surface area contributed by atoms with Crippen LogP contribution in [0.3, 0.4) is 0 Å². The maximum absolute atomic E-state index is 9.88. The Balaban J connectivity index is 2.78. The summed E-state index contributed by atoms with van der Waals surface area (Å²) in [4.78, 5) is 0. The molecule has 0 spiro atoms. The average Bonchev–Trinajstić information content (AvgIpc) is 2.04. The number of hydrogen-bond acceptors (Lipinski definition) is 3. The van der Waals surface area contributed by atoms with Crippen LogP contribution in [-0.4, -0.2) is 0 Å². The van der Waals surface area contributed by atoms with Gasteiger partial charge in [-0.3, -0.25) is 0 Å². The predicted octanol–water partition coefficient (Wildman–Crippen LogP) is 1.86. The molecule has 11 heavy (non-hydrogen) atoms. The van der Waals surface area contributed by atoms with Crippen molar-refractivity contribution in [3.05, 3.63) is 24.3 Å². The quantitative estimate of drug-likeness (QED) is 0.513. The maximum atomic E-state index is 9.88. The third-order valence-corrected chi connectivity index (χ3v) is 1.25. The second kappa shape index (κ2) is 3.87. The normalized spacial score (nSPS) is 8.36. The van der Waals surface area contributed by atoms with Crippen molar-refractivity contribution in [2.75, 3.05) is 5.73 Å². The zero-order valence-corrected chi connectivity index (χ0v) is 6.54. The van der Waals surface area contributed by atoms with Crippen molar-refractivity contribution in [3.63, 3.8) is 0 Å². The minimum absolute atomic E-state index is 0.263. The zero-order valence-electron chi connectivity index (χ0n) is 5.65. The third-order valence-electron chi connectivity index (χ3n) is 1.08. The Bertz CT molecular complexity index is 327. The molecular weight excluding hydrogens is 161 g/mol. The molecule has 0 atom stereocenters. The van der Waals surface area contributed by atoms with Gasteiger partial charge in [0, 0.05) is 0 Å². The molecule has 0 aliphatic rings. The Morgan fingerprint density at radius 1 is 1.36 bits per heavy atom. The van der Waals surface area contributed by atoms with E-state index in [4.69, 9.17) is 10.5 Å². The summed E-state index contributed by atoms with van der Waals surface area (Å²) in [5, 5.41) is 0. The van der Waals surface area contributed by atoms with E-state index in [0.29, 0.717) is 11.4 Å². The average molecular weight is 167 g/mol. The molecule has 1 aromatic rings. The van der Waals surface area contributed by atoms with Crippen molar-refractivity contribution in [2.24, 2.45) is 0 Å². The number of hydrogen-bond donors (Lipinski definition) is 1. The summed E-state index contributed by atoms with van der Waals surface area (Å²) in [6.07, 6.45) is 0. The molecule has 0 saturated carbocycles. The van der Waals surface area contributed by atoms with Crippen LogP contribution in [-0.2, 0) is 4.57 Å². The summed E-state index contributed by atoms with van der Waals surface area (Å²) in [6, 6.07) is 6.73. The minimum atomic E-state index is -0.263. The van der Waals surface area contributed by atoms with Crippen LogP contribution in [0.15, 0.2) is 24.3 Å². The van der Waals surface area contributed by atoms with Crippen molar-refractivity contribution in [1.29, 1.82) is 0 Å². The van der Waals surface area contributed by atoms with Crippen LogP contribution in [0.5, 0.6) is 5.75 Å². The molecule has 56 valence electrons. The molecule has 0 saturated heterocycles. The Labute approximate surface area is 65.3 Å². The van der Waals surface area contributed by atoms with E-state index in [9.17, 15) is 4.57 Å². The molecule has 0 heterocycles. The van der Waals surface area contributed by atoms with Crippen molar-refractivity contribution < 1.29 is 9.30 Å². The first kappa shape index (κ1) is 7.93. The SMILES string of the molecule is Nc1ccc(OC#P=O)cc1. The first-order chi connectivity index (χ1) is 5.33. The molecule has 0 amide bonds. The van der Waals surface area contributed by atoms with E-state index in [1.807, 2.05) is 0 Å². The molecule has 0 radical (unpaired) electrons. The summed E-state index contributed by atoms with van der Waals surface area (Å²) >= 11 is 0. The summed E-state index contributed by atoms with van der Waals surface area (Å²) in [7, 11) is -0.263. The topological polar surface area (TPSA) is 52.3 Å². The predicted molar refractivity (Wildman–Crippen MR) is 43.0 cm³/mol. The van der Waals surface area contributed by atoms with E-state index in [2.05, 4.69) is 5.81 Å². The second-order valence-corrected chi connectivity index (χ2v) is 2.22. The van der Waals surface area contributed by atoms with E-state index in [-0.39, 0.29) is 7.92 Å². The van der Waals surface area contributed by atoms with Crippen LogP contribution < -0.4 is 10.5 Å². The summed E-state index contributed by atoms with van der Waals surface area (Å²) in [6.45, 7) is 0. The van der Waals surface area contributed by atoms with Gasteiger partial charge in [-0.2, -0.15) is 0 Å². The van der Waals surface area contributed by atoms with Gasteiger partial charge < -0.3 is 0 Å². The summed E-state index contributed by atoms with van der Waals surface area (Å²) in [5.74, 6) is 2.73. The molecule has 3 nitrogen and oxygen atoms in total. The van der Waals surface area contributed by atoms with Gasteiger partial charge in [0.2, 0.25) is 0 Å². The Morgan fingerprint density at radius 2 is 2.00 bits per heavy atom. The first-order valence-electron chi connectivity index (χ1n) is 2.92. The molecule has 0 unspecified atom stereocenters. The number of nitrogens with two attached hydrogens (primary N) is 1. The van der Waals surface area contributed by atoms with Crippen LogP contribution in [0.2, 0.25) is 0 Å². The molecule has 0 aromatic heterocycles. The fourth-order valence-corrected chi connectivity index (χ4v) is 0.750. The second-order valence-electron chi connectivity index (χ2n) is 1.85. The van der Waals surface area contributed by atoms with Gasteiger partial charge in [-0.15, -0.1) is 0 Å². The molecule has 0 aliphatic heterocycles. The number of benzene rings is 1. The van der Waals surface area contributed by atoms with Crippen molar-refractivity contribution in [2.45, 2.75) is 0 Å². The van der Waals surface area contributed by atoms with Crippen LogP contribution in [0.25, 0.3) is 0 Å². The van der Waals surface area contributed by atoms with E-state index in [0.717, 1.165) is 0 Å². The number of anilines is 1. The molecule has 4 heteroatoms. The van der Waals surface area contributed by atoms with Gasteiger partial charge in [0.05, 0.1) is 0 Å². The third kappa shape index (κ3) is 2.50. The fraction of sp³-hybridized carbons (Fsp3) is 0. The van der Waals surface area contributed by atoms with Gasteiger partial charge in [-0.05, 0) is 0 Å². The van der Waals surface area contributed by atoms with Gasteiger partial charge >= 0.3 is 64.5 Å². The van der Waals surface area contributed by atoms with Crippen LogP contribution in [0, 0.1) is 5.81 Å². The van der Waals surface area contributed by atoms with Gasteiger partial charge in [0.15, 0.2) is 0 Å². The van der Waals surface area contributed by atoms with E-state index in [1.165, 1.54) is 0 Å². The van der Waals surface area contributed by atoms with Gasteiger partial charge in [0.1, 0.15) is 0 Å². The van der Waals surface area contributed by atoms with Crippen molar-refractivity contribution in [3.8, 4) is 11.6 Å². The Kier molecular flexibility index (Phi) is 2.79. The molecule has 1 aromatic carbocycles. The Hall–Kier alpha value is -1.17. The zero-order chi connectivity index (χ0) is 8.10. The van der Waals surface area contributed by atoms with Crippen molar-refractivity contribution in [1.82, 2.24) is 0 Å². The molecule has 0 aliphatic carbocycles. The van der Waals surface area contributed by atoms with Crippen LogP contribution in [0.1, 0.15) is 0 Å². The van der Waals surface area contributed by atoms with Gasteiger partial charge in [0.25, 0.3) is 0 Å². The van der Waals surface area contributed by atoms with Crippen molar-refractivity contribution >= 4 is 13.6 Å². The van der Waals surface area contributed by atoms with Crippen LogP contribution >= 0.6 is 7.92 Å². The van der Waals surface area contributed by atoms with E-state index < -0.39 is 0 Å². The number of ether oxygens (including phenoxy) is 1. The molecule has 0 fully saturated rings. The van der Waals surface area contributed by atoms with Crippen LogP contribution in [0.4, 0.5) is 5.69 Å². The Morgan fingerprint density at radius 3 is 2.55 bits per heavy atom. The molecule has 2 N–H and O–H groups in total. The molecule has 1 rings (SSSR count). The monoisotopic (exact) mass is 167 g/mol. The number of nitrogen functional groups attached to an aromatic ring is 1. The standard InChI is InChI=1S/C7H6NO2P/c8-6-1-3-7(4-2-6)10-5-11-9/h1-4H,8H2. The molecular formula is C7H6NO2P. The van der Waals surface area contributed by atoms with Gasteiger partial charge in [-0.25, -0.2) is 0 Å². The number of rotatable bonds is 1. The van der Waals surface area contributed by atoms with Gasteiger partial charge in [-0.1, -0.05) is 0 Å². The summed E-state index contributed by atoms with van der Waals surface area (Å²) < 4.78 is 14.7. The van der Waals surface area contributed by atoms with E-state index >= 15 is 0 Å². The first-order valence-corrected chi connectivity index (χ1v) is 3.74.